The third-order valence-electron chi connectivity index (χ3n) is 4.05. The fourth-order valence-electron chi connectivity index (χ4n) is 2.98. The lowest BCUT2D eigenvalue weighted by molar-refractivity contribution is 0.0926. The first kappa shape index (κ1) is 12.8. The van der Waals surface area contributed by atoms with Gasteiger partial charge in [-0.2, -0.15) is 0 Å². The van der Waals surface area contributed by atoms with E-state index in [0.717, 1.165) is 16.6 Å². The smallest absolute Gasteiger partial charge is 0.266 e. The maximum atomic E-state index is 12.5. The number of rotatable bonds is 1. The lowest BCUT2D eigenvalue weighted by atomic mass is 10.1. The molecule has 3 heterocycles. The van der Waals surface area contributed by atoms with Crippen LogP contribution in [0.5, 0.6) is 0 Å². The number of fused-ring (bicyclic) bond motifs is 2. The predicted octanol–water partition coefficient (Wildman–Crippen LogP) is 2.68. The van der Waals surface area contributed by atoms with Crippen molar-refractivity contribution in [3.8, 4) is 0 Å². The molecule has 5 heteroatoms. The molecule has 3 aromatic rings. The largest absolute Gasteiger partial charge is 0.335 e. The molecule has 22 heavy (non-hydrogen) atoms. The molecule has 1 aromatic carbocycles. The lowest BCUT2D eigenvalue weighted by Crippen LogP contribution is -2.29. The zero-order valence-corrected chi connectivity index (χ0v) is 12.2. The third kappa shape index (κ3) is 1.56. The van der Waals surface area contributed by atoms with E-state index < -0.39 is 0 Å². The molecule has 0 saturated heterocycles. The molecular weight excluding hydrogens is 278 g/mol. The Morgan fingerprint density at radius 2 is 1.68 bits per heavy atom. The Morgan fingerprint density at radius 3 is 2.32 bits per heavy atom. The van der Waals surface area contributed by atoms with E-state index in [-0.39, 0.29) is 11.8 Å². The van der Waals surface area contributed by atoms with E-state index in [1.807, 2.05) is 30.8 Å². The van der Waals surface area contributed by atoms with Crippen LogP contribution in [0.1, 0.15) is 26.3 Å². The highest BCUT2D eigenvalue weighted by atomic mass is 16.2. The zero-order chi connectivity index (χ0) is 15.4. The topological polar surface area (TPSA) is 55.2 Å². The van der Waals surface area contributed by atoms with E-state index in [0.29, 0.717) is 16.8 Å². The van der Waals surface area contributed by atoms with Crippen LogP contribution in [0.2, 0.25) is 0 Å². The molecule has 1 aliphatic heterocycles. The van der Waals surface area contributed by atoms with Gasteiger partial charge in [-0.3, -0.25) is 9.59 Å². The summed E-state index contributed by atoms with van der Waals surface area (Å²) in [6.07, 6.45) is 3.55. The molecule has 0 bridgehead atoms. The monoisotopic (exact) mass is 291 g/mol. The quantitative estimate of drug-likeness (QED) is 0.648. The average molecular weight is 291 g/mol. The second-order valence-electron chi connectivity index (χ2n) is 5.48. The molecule has 0 unspecified atom stereocenters. The van der Waals surface area contributed by atoms with Gasteiger partial charge in [-0.1, -0.05) is 12.1 Å². The first-order valence-corrected chi connectivity index (χ1v) is 6.97. The standard InChI is InChI=1S/C17H13N3O2/c1-10-9-19(2)15-14(10)7-11(8-18-15)20-16(21)12-5-3-4-6-13(12)17(20)22/h3-9H,1-2H3. The number of amides is 2. The van der Waals surface area contributed by atoms with Gasteiger partial charge in [0.15, 0.2) is 0 Å². The molecule has 1 aliphatic rings. The number of carbonyl (C=O) groups is 2. The first-order valence-electron chi connectivity index (χ1n) is 6.97. The van der Waals surface area contributed by atoms with Crippen LogP contribution in [0, 0.1) is 6.92 Å². The summed E-state index contributed by atoms with van der Waals surface area (Å²) in [5.41, 5.74) is 3.28. The highest BCUT2D eigenvalue weighted by Crippen LogP contribution is 2.30. The molecule has 2 aromatic heterocycles. The maximum absolute atomic E-state index is 12.5. The Kier molecular flexibility index (Phi) is 2.48. The number of benzene rings is 1. The minimum atomic E-state index is -0.296. The van der Waals surface area contributed by atoms with Crippen LogP contribution >= 0.6 is 0 Å². The van der Waals surface area contributed by atoms with Crippen molar-refractivity contribution < 1.29 is 9.59 Å². The van der Waals surface area contributed by atoms with Gasteiger partial charge in [-0.05, 0) is 30.7 Å². The number of hydrogen-bond donors (Lipinski definition) is 0. The zero-order valence-electron chi connectivity index (χ0n) is 12.2. The summed E-state index contributed by atoms with van der Waals surface area (Å²) in [5, 5.41) is 0.941. The predicted molar refractivity (Wildman–Crippen MR) is 83.0 cm³/mol. The number of aryl methyl sites for hydroxylation is 2. The number of anilines is 1. The Balaban J connectivity index is 1.88. The molecule has 0 aliphatic carbocycles. The second-order valence-corrected chi connectivity index (χ2v) is 5.48. The van der Waals surface area contributed by atoms with E-state index in [2.05, 4.69) is 4.98 Å². The Morgan fingerprint density at radius 1 is 1.05 bits per heavy atom. The molecule has 0 fully saturated rings. The molecule has 0 spiro atoms. The van der Waals surface area contributed by atoms with Crippen LogP contribution < -0.4 is 4.90 Å². The number of nitrogens with zero attached hydrogens (tertiary/aromatic N) is 3. The van der Waals surface area contributed by atoms with Gasteiger partial charge in [0.05, 0.1) is 23.0 Å². The number of imide groups is 1. The minimum absolute atomic E-state index is 0.296. The highest BCUT2D eigenvalue weighted by Gasteiger charge is 2.36. The lowest BCUT2D eigenvalue weighted by Gasteiger charge is -2.13. The van der Waals surface area contributed by atoms with Crippen LogP contribution in [0.4, 0.5) is 5.69 Å². The van der Waals surface area contributed by atoms with Crippen LogP contribution in [-0.2, 0) is 7.05 Å². The second kappa shape index (κ2) is 4.27. The maximum Gasteiger partial charge on any atom is 0.266 e. The molecule has 108 valence electrons. The summed E-state index contributed by atoms with van der Waals surface area (Å²) in [6, 6.07) is 8.72. The minimum Gasteiger partial charge on any atom is -0.335 e. The summed E-state index contributed by atoms with van der Waals surface area (Å²) in [5.74, 6) is -0.592. The van der Waals surface area contributed by atoms with Crippen LogP contribution in [0.15, 0.2) is 42.7 Å². The van der Waals surface area contributed by atoms with E-state index in [1.165, 1.54) is 4.90 Å². The SMILES string of the molecule is Cc1cn(C)c2ncc(N3C(=O)c4ccccc4C3=O)cc12. The summed E-state index contributed by atoms with van der Waals surface area (Å²) >= 11 is 0. The van der Waals surface area contributed by atoms with Crippen molar-refractivity contribution in [1.29, 1.82) is 0 Å². The Bertz CT molecular complexity index is 921. The van der Waals surface area contributed by atoms with Gasteiger partial charge in [-0.15, -0.1) is 0 Å². The van der Waals surface area contributed by atoms with Crippen molar-refractivity contribution >= 4 is 28.5 Å². The summed E-state index contributed by atoms with van der Waals surface area (Å²) in [4.78, 5) is 30.6. The molecule has 0 radical (unpaired) electrons. The van der Waals surface area contributed by atoms with Crippen molar-refractivity contribution in [3.63, 3.8) is 0 Å². The summed E-state index contributed by atoms with van der Waals surface area (Å²) < 4.78 is 1.93. The molecule has 0 N–H and O–H groups in total. The van der Waals surface area contributed by atoms with Gasteiger partial charge in [0, 0.05) is 18.6 Å². The molecule has 0 atom stereocenters. The molecule has 5 nitrogen and oxygen atoms in total. The average Bonchev–Trinajstić information content (AvgIpc) is 2.95. The molecule has 4 rings (SSSR count). The fourth-order valence-corrected chi connectivity index (χ4v) is 2.98. The molecule has 0 saturated carbocycles. The normalized spacial score (nSPS) is 14.0. The summed E-state index contributed by atoms with van der Waals surface area (Å²) in [7, 11) is 1.92. The van der Waals surface area contributed by atoms with Crippen LogP contribution in [0.25, 0.3) is 11.0 Å². The van der Waals surface area contributed by atoms with Crippen LogP contribution in [0.3, 0.4) is 0 Å². The molecular formula is C17H13N3O2. The van der Waals surface area contributed by atoms with Gasteiger partial charge in [0.25, 0.3) is 11.8 Å². The van der Waals surface area contributed by atoms with Gasteiger partial charge < -0.3 is 4.57 Å². The van der Waals surface area contributed by atoms with Gasteiger partial charge in [0.2, 0.25) is 0 Å². The number of carbonyl (C=O) groups excluding carboxylic acids is 2. The Labute approximate surface area is 126 Å². The van der Waals surface area contributed by atoms with Crippen molar-refractivity contribution in [2.45, 2.75) is 6.92 Å². The van der Waals surface area contributed by atoms with Crippen molar-refractivity contribution in [2.24, 2.45) is 7.05 Å². The molecule has 2 amide bonds. The Hall–Kier alpha value is -2.95. The van der Waals surface area contributed by atoms with Crippen LogP contribution in [-0.4, -0.2) is 21.4 Å². The highest BCUT2D eigenvalue weighted by molar-refractivity contribution is 6.34. The fraction of sp³-hybridized carbons (Fsp3) is 0.118. The van der Waals surface area contributed by atoms with E-state index in [9.17, 15) is 9.59 Å². The number of aromatic nitrogens is 2. The number of hydrogen-bond acceptors (Lipinski definition) is 3. The van der Waals surface area contributed by atoms with E-state index >= 15 is 0 Å². The first-order chi connectivity index (χ1) is 10.6. The van der Waals surface area contributed by atoms with Crippen molar-refractivity contribution in [3.05, 3.63) is 59.4 Å². The van der Waals surface area contributed by atoms with Crippen molar-refractivity contribution in [2.75, 3.05) is 4.90 Å². The van der Waals surface area contributed by atoms with Gasteiger partial charge in [-0.25, -0.2) is 9.88 Å². The van der Waals surface area contributed by atoms with Gasteiger partial charge in [0.1, 0.15) is 5.65 Å². The van der Waals surface area contributed by atoms with Crippen molar-refractivity contribution in [1.82, 2.24) is 9.55 Å². The third-order valence-corrected chi connectivity index (χ3v) is 4.05. The van der Waals surface area contributed by atoms with E-state index in [4.69, 9.17) is 0 Å². The number of pyridine rings is 1. The van der Waals surface area contributed by atoms with E-state index in [1.54, 1.807) is 30.5 Å². The summed E-state index contributed by atoms with van der Waals surface area (Å²) in [6.45, 7) is 1.98. The van der Waals surface area contributed by atoms with Gasteiger partial charge >= 0.3 is 0 Å².